The Hall–Kier alpha value is -1.89. The summed E-state index contributed by atoms with van der Waals surface area (Å²) in [7, 11) is -4.15. The summed E-state index contributed by atoms with van der Waals surface area (Å²) in [5.41, 5.74) is -1.28. The Morgan fingerprint density at radius 1 is 0.787 bits per heavy atom. The molecule has 0 aromatic rings. The van der Waals surface area contributed by atoms with Crippen LogP contribution < -0.4 is 5.32 Å². The van der Waals surface area contributed by atoms with Crippen LogP contribution in [0.4, 0.5) is 0 Å². The first-order chi connectivity index (χ1) is 22.5. The lowest BCUT2D eigenvalue weighted by molar-refractivity contribution is -0.149. The lowest BCUT2D eigenvalue weighted by atomic mass is 9.93. The molecule has 0 unspecified atom stereocenters. The maximum absolute atomic E-state index is 12.3. The van der Waals surface area contributed by atoms with Crippen molar-refractivity contribution in [3.63, 3.8) is 0 Å². The first kappa shape index (κ1) is 45.1. The molecule has 0 saturated carbocycles. The maximum atomic E-state index is 12.3. The minimum Gasteiger partial charge on any atom is -0.462 e. The van der Waals surface area contributed by atoms with Gasteiger partial charge in [0.2, 0.25) is 5.91 Å². The third-order valence-corrected chi connectivity index (χ3v) is 9.00. The van der Waals surface area contributed by atoms with Crippen LogP contribution in [0.15, 0.2) is 12.2 Å². The predicted octanol–water partition coefficient (Wildman–Crippen LogP) is 9.01. The Balaban J connectivity index is 3.88. The molecule has 0 spiro atoms. The topological polar surface area (TPSA) is 130 Å². The van der Waals surface area contributed by atoms with E-state index in [9.17, 15) is 23.1 Å². The van der Waals surface area contributed by atoms with Gasteiger partial charge in [-0.05, 0) is 51.9 Å². The molecular formula is C38H69NO7S. The molecule has 274 valence electrons. The Kier molecular flexibility index (Phi) is 29.0. The minimum atomic E-state index is -4.15. The van der Waals surface area contributed by atoms with Crippen LogP contribution in [-0.2, 0) is 24.4 Å². The molecule has 0 aliphatic rings. The van der Waals surface area contributed by atoms with Gasteiger partial charge in [-0.3, -0.25) is 14.1 Å². The average Bonchev–Trinajstić information content (AvgIpc) is 2.98. The smallest absolute Gasteiger partial charge is 0.307 e. The van der Waals surface area contributed by atoms with Crippen LogP contribution >= 0.6 is 0 Å². The maximum Gasteiger partial charge on any atom is 0.307 e. The van der Waals surface area contributed by atoms with Crippen LogP contribution in [0.5, 0.6) is 0 Å². The number of ether oxygens (including phenoxy) is 1. The number of carbonyl (C=O) groups excluding carboxylic acids is 2. The standard InChI is InChI=1S/C38H69NO7S/c1-4-6-7-8-9-10-11-12-13-14-15-16-17-18-19-20-21-22-23-24-25-26-30-37(41)46-35(28-5-2)29-27-31-38(3,42)34-36(40)39-32-33-47(43,44)45/h20-21,35,42H,4-19,22-23,26-34H2,1-3H3,(H,39,40)(H,43,44,45)/b21-20-/t35-,38-/m1/s1. The molecule has 8 nitrogen and oxygen atoms in total. The number of esters is 1. The zero-order valence-electron chi connectivity index (χ0n) is 30.2. The SMILES string of the molecule is CCCCCCCCCCCCCCCC/C=C\CCC#CCCC(=O)O[C@H](CCC)CCC[C@@](C)(O)CC(=O)NCCS(=O)(=O)O. The molecule has 9 heteroatoms. The molecule has 0 aliphatic heterocycles. The van der Waals surface area contributed by atoms with Gasteiger partial charge in [-0.15, -0.1) is 11.8 Å². The second-order valence-electron chi connectivity index (χ2n) is 13.4. The first-order valence-electron chi connectivity index (χ1n) is 18.7. The fourth-order valence-corrected chi connectivity index (χ4v) is 5.91. The number of hydrogen-bond acceptors (Lipinski definition) is 6. The number of amides is 1. The van der Waals surface area contributed by atoms with Gasteiger partial charge in [-0.1, -0.05) is 116 Å². The number of carbonyl (C=O) groups is 2. The molecule has 0 aromatic carbocycles. The highest BCUT2D eigenvalue weighted by Gasteiger charge is 2.25. The Bertz CT molecular complexity index is 982. The number of allylic oxidation sites excluding steroid dienone is 2. The van der Waals surface area contributed by atoms with E-state index in [1.54, 1.807) is 6.92 Å². The molecule has 3 N–H and O–H groups in total. The number of unbranched alkanes of at least 4 members (excludes halogenated alkanes) is 15. The monoisotopic (exact) mass is 683 g/mol. The van der Waals surface area contributed by atoms with E-state index in [1.165, 1.54) is 89.9 Å². The molecule has 0 aromatic heterocycles. The normalized spacial score (nSPS) is 13.6. The second-order valence-corrected chi connectivity index (χ2v) is 14.9. The lowest BCUT2D eigenvalue weighted by Crippen LogP contribution is -2.36. The van der Waals surface area contributed by atoms with E-state index in [4.69, 9.17) is 9.29 Å². The van der Waals surface area contributed by atoms with Gasteiger partial charge < -0.3 is 15.2 Å². The molecule has 0 rings (SSSR count). The molecular weight excluding hydrogens is 614 g/mol. The number of hydrogen-bond donors (Lipinski definition) is 3. The van der Waals surface area contributed by atoms with Crippen molar-refractivity contribution in [2.45, 2.75) is 193 Å². The first-order valence-corrected chi connectivity index (χ1v) is 20.3. The highest BCUT2D eigenvalue weighted by Crippen LogP contribution is 2.21. The summed E-state index contributed by atoms with van der Waals surface area (Å²) < 4.78 is 35.9. The van der Waals surface area contributed by atoms with Gasteiger partial charge in [0.15, 0.2) is 0 Å². The molecule has 1 amide bonds. The van der Waals surface area contributed by atoms with Gasteiger partial charge in [0.05, 0.1) is 24.2 Å². The second kappa shape index (κ2) is 30.2. The van der Waals surface area contributed by atoms with Crippen molar-refractivity contribution in [3.05, 3.63) is 12.2 Å². The molecule has 0 saturated heterocycles. The van der Waals surface area contributed by atoms with Crippen molar-refractivity contribution in [2.75, 3.05) is 12.3 Å². The average molecular weight is 684 g/mol. The predicted molar refractivity (Wildman–Crippen MR) is 194 cm³/mol. The van der Waals surface area contributed by atoms with E-state index in [2.05, 4.69) is 36.2 Å². The molecule has 0 fully saturated rings. The summed E-state index contributed by atoms with van der Waals surface area (Å²) in [6.07, 6.45) is 30.1. The van der Waals surface area contributed by atoms with E-state index in [0.717, 1.165) is 32.1 Å². The Morgan fingerprint density at radius 3 is 1.91 bits per heavy atom. The van der Waals surface area contributed by atoms with Crippen LogP contribution in [0.2, 0.25) is 0 Å². The molecule has 0 heterocycles. The Labute approximate surface area is 288 Å². The zero-order chi connectivity index (χ0) is 35.1. The van der Waals surface area contributed by atoms with Gasteiger partial charge in [-0.25, -0.2) is 0 Å². The summed E-state index contributed by atoms with van der Waals surface area (Å²) in [5, 5.41) is 12.9. The third-order valence-electron chi connectivity index (χ3n) is 8.28. The van der Waals surface area contributed by atoms with Gasteiger partial charge in [0, 0.05) is 19.4 Å². The van der Waals surface area contributed by atoms with Crippen molar-refractivity contribution in [3.8, 4) is 11.8 Å². The van der Waals surface area contributed by atoms with Gasteiger partial charge in [-0.2, -0.15) is 8.42 Å². The highest BCUT2D eigenvalue weighted by atomic mass is 32.2. The summed E-state index contributed by atoms with van der Waals surface area (Å²) in [5.74, 6) is 4.89. The lowest BCUT2D eigenvalue weighted by Gasteiger charge is -2.24. The third kappa shape index (κ3) is 33.8. The molecule has 0 aliphatic carbocycles. The number of aliphatic hydroxyl groups is 1. The van der Waals surface area contributed by atoms with Crippen molar-refractivity contribution >= 4 is 22.0 Å². The summed E-state index contributed by atoms with van der Waals surface area (Å²) >= 11 is 0. The van der Waals surface area contributed by atoms with E-state index < -0.39 is 27.4 Å². The largest absolute Gasteiger partial charge is 0.462 e. The van der Waals surface area contributed by atoms with E-state index in [0.29, 0.717) is 25.7 Å². The van der Waals surface area contributed by atoms with Crippen LogP contribution in [0, 0.1) is 11.8 Å². The molecule has 47 heavy (non-hydrogen) atoms. The quantitative estimate of drug-likeness (QED) is 0.0219. The van der Waals surface area contributed by atoms with Crippen LogP contribution in [0.25, 0.3) is 0 Å². The molecule has 0 radical (unpaired) electrons. The van der Waals surface area contributed by atoms with Gasteiger partial charge in [0.25, 0.3) is 10.1 Å². The summed E-state index contributed by atoms with van der Waals surface area (Å²) in [4.78, 5) is 24.3. The van der Waals surface area contributed by atoms with Gasteiger partial charge >= 0.3 is 5.97 Å². The van der Waals surface area contributed by atoms with Crippen LogP contribution in [-0.4, -0.2) is 54.0 Å². The van der Waals surface area contributed by atoms with Gasteiger partial charge in [0.1, 0.15) is 6.10 Å². The molecule has 2 atom stereocenters. The fraction of sp³-hybridized carbons (Fsp3) is 0.842. The van der Waals surface area contributed by atoms with E-state index in [1.807, 2.05) is 6.92 Å². The van der Waals surface area contributed by atoms with Crippen LogP contribution in [0.3, 0.4) is 0 Å². The number of nitrogens with one attached hydrogen (secondary N) is 1. The zero-order valence-corrected chi connectivity index (χ0v) is 31.0. The van der Waals surface area contributed by atoms with E-state index in [-0.39, 0.29) is 31.5 Å². The van der Waals surface area contributed by atoms with E-state index >= 15 is 0 Å². The van der Waals surface area contributed by atoms with Crippen molar-refractivity contribution in [1.29, 1.82) is 0 Å². The summed E-state index contributed by atoms with van der Waals surface area (Å²) in [6, 6.07) is 0. The molecule has 0 bridgehead atoms. The minimum absolute atomic E-state index is 0.190. The van der Waals surface area contributed by atoms with Crippen molar-refractivity contribution in [1.82, 2.24) is 5.32 Å². The summed E-state index contributed by atoms with van der Waals surface area (Å²) in [6.45, 7) is 5.62. The van der Waals surface area contributed by atoms with Crippen LogP contribution in [0.1, 0.15) is 181 Å². The Morgan fingerprint density at radius 2 is 1.34 bits per heavy atom. The fourth-order valence-electron chi connectivity index (χ4n) is 5.55. The number of rotatable bonds is 31. The van der Waals surface area contributed by atoms with Crippen molar-refractivity contribution < 1.29 is 32.4 Å². The van der Waals surface area contributed by atoms with Crippen molar-refractivity contribution in [2.24, 2.45) is 0 Å². The highest BCUT2D eigenvalue weighted by molar-refractivity contribution is 7.85.